The molecule has 92 valence electrons. The number of rotatable bonds is 2. The van der Waals surface area contributed by atoms with Crippen molar-refractivity contribution in [2.24, 2.45) is 11.8 Å². The lowest BCUT2D eigenvalue weighted by Crippen LogP contribution is -2.11. The Labute approximate surface area is 95.4 Å². The number of carbonyl (C=O) groups excluding carboxylic acids is 1. The number of carbonyl (C=O) groups is 1. The highest BCUT2D eigenvalue weighted by Crippen LogP contribution is 2.41. The van der Waals surface area contributed by atoms with E-state index >= 15 is 0 Å². The van der Waals surface area contributed by atoms with Crippen LogP contribution in [0.5, 0.6) is 0 Å². The van der Waals surface area contributed by atoms with Gasteiger partial charge in [-0.1, -0.05) is 6.92 Å². The summed E-state index contributed by atoms with van der Waals surface area (Å²) in [5, 5.41) is 0. The molecule has 0 bridgehead atoms. The molecule has 0 radical (unpaired) electrons. The summed E-state index contributed by atoms with van der Waals surface area (Å²) in [6, 6.07) is 2.41. The first-order chi connectivity index (χ1) is 7.80. The van der Waals surface area contributed by atoms with Gasteiger partial charge in [-0.05, 0) is 30.5 Å². The number of hydrogen-bond donors (Lipinski definition) is 0. The Balaban J connectivity index is 2.34. The van der Waals surface area contributed by atoms with Crippen molar-refractivity contribution in [3.8, 4) is 0 Å². The molecule has 0 spiro atoms. The number of Topliss-reactive ketones (excluding diaryl/α,β-unsaturated/α-hetero) is 1. The molecule has 2 unspecified atom stereocenters. The molecule has 17 heavy (non-hydrogen) atoms. The molecule has 1 aliphatic carbocycles. The molecule has 0 N–H and O–H groups in total. The third kappa shape index (κ3) is 2.33. The molecule has 1 nitrogen and oxygen atoms in total. The predicted octanol–water partition coefficient (Wildman–Crippen LogP) is 3.68. The second-order valence-corrected chi connectivity index (χ2v) is 4.38. The van der Waals surface area contributed by atoms with Gasteiger partial charge in [-0.25, -0.2) is 4.39 Å². The van der Waals surface area contributed by atoms with Crippen molar-refractivity contribution in [3.05, 3.63) is 35.1 Å². The van der Waals surface area contributed by atoms with Crippen LogP contribution in [0.1, 0.15) is 29.3 Å². The van der Waals surface area contributed by atoms with E-state index in [-0.39, 0.29) is 23.2 Å². The molecule has 0 aromatic heterocycles. The quantitative estimate of drug-likeness (QED) is 0.574. The summed E-state index contributed by atoms with van der Waals surface area (Å²) in [5.41, 5.74) is -1.44. The summed E-state index contributed by atoms with van der Waals surface area (Å²) >= 11 is 0. The van der Waals surface area contributed by atoms with Crippen molar-refractivity contribution in [1.29, 1.82) is 0 Å². The number of ketones is 1. The Morgan fingerprint density at radius 2 is 1.94 bits per heavy atom. The van der Waals surface area contributed by atoms with Gasteiger partial charge < -0.3 is 0 Å². The number of hydrogen-bond acceptors (Lipinski definition) is 1. The first-order valence-corrected chi connectivity index (χ1v) is 5.21. The Morgan fingerprint density at radius 1 is 1.35 bits per heavy atom. The molecule has 1 aliphatic rings. The van der Waals surface area contributed by atoms with Gasteiger partial charge in [0.2, 0.25) is 0 Å². The highest BCUT2D eigenvalue weighted by atomic mass is 19.4. The number of benzene rings is 1. The van der Waals surface area contributed by atoms with Gasteiger partial charge in [0.05, 0.1) is 5.56 Å². The Morgan fingerprint density at radius 3 is 2.41 bits per heavy atom. The zero-order valence-corrected chi connectivity index (χ0v) is 9.01. The fourth-order valence-corrected chi connectivity index (χ4v) is 1.80. The van der Waals surface area contributed by atoms with Crippen LogP contribution in [0.25, 0.3) is 0 Å². The van der Waals surface area contributed by atoms with Gasteiger partial charge in [0.25, 0.3) is 0 Å². The molecule has 5 heteroatoms. The zero-order valence-electron chi connectivity index (χ0n) is 9.01. The molecular formula is C12H10F4O. The molecule has 0 saturated heterocycles. The summed E-state index contributed by atoms with van der Waals surface area (Å²) in [4.78, 5) is 11.7. The van der Waals surface area contributed by atoms with E-state index in [4.69, 9.17) is 0 Å². The minimum absolute atomic E-state index is 0.0620. The van der Waals surface area contributed by atoms with Gasteiger partial charge in [0, 0.05) is 11.5 Å². The fourth-order valence-electron chi connectivity index (χ4n) is 1.80. The minimum atomic E-state index is -4.77. The Kier molecular flexibility index (Phi) is 2.72. The maximum Gasteiger partial charge on any atom is 0.419 e. The molecular weight excluding hydrogens is 236 g/mol. The second kappa shape index (κ2) is 3.82. The lowest BCUT2D eigenvalue weighted by atomic mass is 10.0. The van der Waals surface area contributed by atoms with Crippen LogP contribution in [0, 0.1) is 17.7 Å². The van der Waals surface area contributed by atoms with E-state index in [9.17, 15) is 22.4 Å². The lowest BCUT2D eigenvalue weighted by molar-refractivity contribution is -0.140. The molecule has 0 aliphatic heterocycles. The van der Waals surface area contributed by atoms with Gasteiger partial charge in [0.1, 0.15) is 5.82 Å². The van der Waals surface area contributed by atoms with Crippen molar-refractivity contribution in [3.63, 3.8) is 0 Å². The van der Waals surface area contributed by atoms with E-state index in [0.717, 1.165) is 6.07 Å². The molecule has 0 heterocycles. The largest absolute Gasteiger partial charge is 0.419 e. The van der Waals surface area contributed by atoms with Gasteiger partial charge in [0.15, 0.2) is 5.78 Å². The third-order valence-corrected chi connectivity index (χ3v) is 3.00. The van der Waals surface area contributed by atoms with Crippen LogP contribution in [-0.2, 0) is 6.18 Å². The minimum Gasteiger partial charge on any atom is -0.294 e. The lowest BCUT2D eigenvalue weighted by Gasteiger charge is -2.09. The summed E-state index contributed by atoms with van der Waals surface area (Å²) < 4.78 is 50.3. The second-order valence-electron chi connectivity index (χ2n) is 4.38. The molecule has 2 rings (SSSR count). The molecule has 1 aromatic carbocycles. The predicted molar refractivity (Wildman–Crippen MR) is 53.0 cm³/mol. The number of halogens is 4. The van der Waals surface area contributed by atoms with E-state index in [1.807, 2.05) is 6.92 Å². The number of alkyl halides is 3. The molecule has 1 fully saturated rings. The molecule has 1 saturated carbocycles. The van der Waals surface area contributed by atoms with Crippen LogP contribution in [-0.4, -0.2) is 5.78 Å². The molecule has 2 atom stereocenters. The summed E-state index contributed by atoms with van der Waals surface area (Å²) in [7, 11) is 0. The summed E-state index contributed by atoms with van der Waals surface area (Å²) in [6.07, 6.45) is -4.08. The zero-order chi connectivity index (χ0) is 12.8. The molecule has 1 aromatic rings. The first-order valence-electron chi connectivity index (χ1n) is 5.21. The third-order valence-electron chi connectivity index (χ3n) is 3.00. The van der Waals surface area contributed by atoms with Crippen LogP contribution in [0.2, 0.25) is 0 Å². The van der Waals surface area contributed by atoms with Crippen molar-refractivity contribution in [2.75, 3.05) is 0 Å². The van der Waals surface area contributed by atoms with E-state index in [2.05, 4.69) is 0 Å². The van der Waals surface area contributed by atoms with Crippen molar-refractivity contribution >= 4 is 5.78 Å². The van der Waals surface area contributed by atoms with Crippen molar-refractivity contribution < 1.29 is 22.4 Å². The first kappa shape index (κ1) is 12.1. The fraction of sp³-hybridized carbons (Fsp3) is 0.417. The van der Waals surface area contributed by atoms with Gasteiger partial charge in [-0.15, -0.1) is 0 Å². The van der Waals surface area contributed by atoms with E-state index in [1.165, 1.54) is 0 Å². The smallest absolute Gasteiger partial charge is 0.294 e. The Bertz CT molecular complexity index is 464. The SMILES string of the molecule is CC1CC1C(=O)c1ccc(F)c(C(F)(F)F)c1. The van der Waals surface area contributed by atoms with Gasteiger partial charge >= 0.3 is 6.18 Å². The average molecular weight is 246 g/mol. The monoisotopic (exact) mass is 246 g/mol. The van der Waals surface area contributed by atoms with E-state index < -0.39 is 17.6 Å². The molecule has 0 amide bonds. The highest BCUT2D eigenvalue weighted by Gasteiger charge is 2.41. The van der Waals surface area contributed by atoms with E-state index in [1.54, 1.807) is 0 Å². The summed E-state index contributed by atoms with van der Waals surface area (Å²) in [5.74, 6) is -1.68. The van der Waals surface area contributed by atoms with Crippen LogP contribution >= 0.6 is 0 Å². The van der Waals surface area contributed by atoms with Crippen LogP contribution in [0.15, 0.2) is 18.2 Å². The van der Waals surface area contributed by atoms with Crippen molar-refractivity contribution in [2.45, 2.75) is 19.5 Å². The standard InChI is InChI=1S/C12H10F4O/c1-6-4-8(6)11(17)7-2-3-10(13)9(5-7)12(14,15)16/h2-3,5-6,8H,4H2,1H3. The van der Waals surface area contributed by atoms with Crippen LogP contribution < -0.4 is 0 Å². The van der Waals surface area contributed by atoms with E-state index in [0.29, 0.717) is 18.6 Å². The maximum atomic E-state index is 13.0. The van der Waals surface area contributed by atoms with Gasteiger partial charge in [-0.3, -0.25) is 4.79 Å². The Hall–Kier alpha value is -1.39. The topological polar surface area (TPSA) is 17.1 Å². The average Bonchev–Trinajstić information content (AvgIpc) is 2.93. The van der Waals surface area contributed by atoms with Crippen LogP contribution in [0.3, 0.4) is 0 Å². The van der Waals surface area contributed by atoms with Gasteiger partial charge in [-0.2, -0.15) is 13.2 Å². The van der Waals surface area contributed by atoms with Crippen molar-refractivity contribution in [1.82, 2.24) is 0 Å². The summed E-state index contributed by atoms with van der Waals surface area (Å²) in [6.45, 7) is 1.86. The highest BCUT2D eigenvalue weighted by molar-refractivity contribution is 5.99. The maximum absolute atomic E-state index is 13.0. The normalized spacial score (nSPS) is 23.6. The van der Waals surface area contributed by atoms with Crippen LogP contribution in [0.4, 0.5) is 17.6 Å².